The molecular formula is C12H21N3O6S. The zero-order valence-electron chi connectivity index (χ0n) is 12.5. The SMILES string of the molecule is CCOC(C)SCC(=O)NCC(=O)NCC(=O)NCC(=O)O. The molecule has 10 heteroatoms. The van der Waals surface area contributed by atoms with Crippen LogP contribution in [0.25, 0.3) is 0 Å². The van der Waals surface area contributed by atoms with Gasteiger partial charge in [-0.15, -0.1) is 11.8 Å². The van der Waals surface area contributed by atoms with Crippen molar-refractivity contribution in [3.63, 3.8) is 0 Å². The smallest absolute Gasteiger partial charge is 0.322 e. The van der Waals surface area contributed by atoms with Crippen molar-refractivity contribution in [1.29, 1.82) is 0 Å². The van der Waals surface area contributed by atoms with Crippen molar-refractivity contribution in [2.75, 3.05) is 32.0 Å². The molecule has 4 N–H and O–H groups in total. The quantitative estimate of drug-likeness (QED) is 0.339. The van der Waals surface area contributed by atoms with E-state index in [1.807, 2.05) is 13.8 Å². The number of thioether (sulfide) groups is 1. The van der Waals surface area contributed by atoms with Gasteiger partial charge < -0.3 is 25.8 Å². The highest BCUT2D eigenvalue weighted by Crippen LogP contribution is 2.10. The molecule has 0 rings (SSSR count). The van der Waals surface area contributed by atoms with Gasteiger partial charge in [0.05, 0.1) is 18.8 Å². The zero-order valence-corrected chi connectivity index (χ0v) is 13.3. The molecule has 3 amide bonds. The van der Waals surface area contributed by atoms with Crippen LogP contribution >= 0.6 is 11.8 Å². The Bertz CT molecular complexity index is 404. The summed E-state index contributed by atoms with van der Waals surface area (Å²) in [5, 5.41) is 15.1. The van der Waals surface area contributed by atoms with Crippen LogP contribution < -0.4 is 16.0 Å². The fraction of sp³-hybridized carbons (Fsp3) is 0.667. The first-order chi connectivity index (χ1) is 10.3. The lowest BCUT2D eigenvalue weighted by atomic mass is 10.5. The molecule has 0 bridgehead atoms. The molecule has 0 saturated heterocycles. The predicted octanol–water partition coefficient (Wildman–Crippen LogP) is -1.46. The second-order valence-electron chi connectivity index (χ2n) is 4.06. The van der Waals surface area contributed by atoms with Gasteiger partial charge in [-0.1, -0.05) is 0 Å². The van der Waals surface area contributed by atoms with E-state index in [1.54, 1.807) is 0 Å². The van der Waals surface area contributed by atoms with Crippen LogP contribution in [0, 0.1) is 0 Å². The Morgan fingerprint density at radius 2 is 1.50 bits per heavy atom. The van der Waals surface area contributed by atoms with Crippen LogP contribution in [0.2, 0.25) is 0 Å². The normalized spacial score (nSPS) is 11.4. The number of carbonyl (C=O) groups excluding carboxylic acids is 3. The number of hydrogen-bond acceptors (Lipinski definition) is 6. The third-order valence-corrected chi connectivity index (χ3v) is 3.21. The molecule has 0 aliphatic rings. The van der Waals surface area contributed by atoms with Gasteiger partial charge in [-0.05, 0) is 13.8 Å². The van der Waals surface area contributed by atoms with Crippen LogP contribution in [0.15, 0.2) is 0 Å². The average Bonchev–Trinajstić information content (AvgIpc) is 2.46. The Hall–Kier alpha value is -1.81. The number of aliphatic carboxylic acids is 1. The summed E-state index contributed by atoms with van der Waals surface area (Å²) >= 11 is 1.30. The predicted molar refractivity (Wildman–Crippen MR) is 80.2 cm³/mol. The molecule has 0 aromatic heterocycles. The van der Waals surface area contributed by atoms with Crippen molar-refractivity contribution >= 4 is 35.5 Å². The molecule has 0 heterocycles. The highest BCUT2D eigenvalue weighted by molar-refractivity contribution is 8.00. The molecular weight excluding hydrogens is 314 g/mol. The fourth-order valence-electron chi connectivity index (χ4n) is 1.18. The highest BCUT2D eigenvalue weighted by Gasteiger charge is 2.10. The van der Waals surface area contributed by atoms with Gasteiger partial charge in [-0.2, -0.15) is 0 Å². The van der Waals surface area contributed by atoms with Gasteiger partial charge in [-0.3, -0.25) is 19.2 Å². The topological polar surface area (TPSA) is 134 Å². The molecule has 22 heavy (non-hydrogen) atoms. The summed E-state index contributed by atoms with van der Waals surface area (Å²) in [7, 11) is 0. The van der Waals surface area contributed by atoms with Crippen LogP contribution in [0.1, 0.15) is 13.8 Å². The fourth-order valence-corrected chi connectivity index (χ4v) is 1.90. The second kappa shape index (κ2) is 11.8. The molecule has 0 spiro atoms. The summed E-state index contributed by atoms with van der Waals surface area (Å²) in [6, 6.07) is 0. The Kier molecular flexibility index (Phi) is 10.8. The highest BCUT2D eigenvalue weighted by atomic mass is 32.2. The van der Waals surface area contributed by atoms with Gasteiger partial charge in [0.15, 0.2) is 0 Å². The first-order valence-corrected chi connectivity index (χ1v) is 7.65. The monoisotopic (exact) mass is 335 g/mol. The number of amides is 3. The molecule has 0 aliphatic carbocycles. The number of carboxylic acids is 1. The maximum absolute atomic E-state index is 11.5. The maximum Gasteiger partial charge on any atom is 0.322 e. The third-order valence-electron chi connectivity index (χ3n) is 2.18. The molecule has 0 aromatic carbocycles. The minimum atomic E-state index is -1.18. The molecule has 1 atom stereocenters. The summed E-state index contributed by atoms with van der Waals surface area (Å²) in [5.41, 5.74) is -0.109. The van der Waals surface area contributed by atoms with E-state index in [0.717, 1.165) is 0 Å². The number of carbonyl (C=O) groups is 4. The van der Waals surface area contributed by atoms with Crippen molar-refractivity contribution in [1.82, 2.24) is 16.0 Å². The van der Waals surface area contributed by atoms with Gasteiger partial charge in [-0.25, -0.2) is 0 Å². The lowest BCUT2D eigenvalue weighted by Gasteiger charge is -2.11. The van der Waals surface area contributed by atoms with Crippen molar-refractivity contribution < 1.29 is 29.0 Å². The zero-order chi connectivity index (χ0) is 17.0. The first-order valence-electron chi connectivity index (χ1n) is 6.60. The molecule has 0 aromatic rings. The van der Waals surface area contributed by atoms with Crippen LogP contribution in [-0.2, 0) is 23.9 Å². The Labute approximate surface area is 132 Å². The molecule has 0 aliphatic heterocycles. The summed E-state index contributed by atoms with van der Waals surface area (Å²) in [6.45, 7) is 3.12. The van der Waals surface area contributed by atoms with Crippen molar-refractivity contribution in [3.8, 4) is 0 Å². The van der Waals surface area contributed by atoms with Gasteiger partial charge in [0.1, 0.15) is 12.0 Å². The lowest BCUT2D eigenvalue weighted by molar-refractivity contribution is -0.137. The Morgan fingerprint density at radius 3 is 2.00 bits per heavy atom. The Morgan fingerprint density at radius 1 is 1.00 bits per heavy atom. The van der Waals surface area contributed by atoms with Crippen LogP contribution in [0.3, 0.4) is 0 Å². The van der Waals surface area contributed by atoms with Crippen LogP contribution in [0.4, 0.5) is 0 Å². The summed E-state index contributed by atoms with van der Waals surface area (Å²) in [5.74, 6) is -2.49. The largest absolute Gasteiger partial charge is 0.480 e. The summed E-state index contributed by atoms with van der Waals surface area (Å²) < 4.78 is 5.24. The van der Waals surface area contributed by atoms with Crippen molar-refractivity contribution in [2.24, 2.45) is 0 Å². The lowest BCUT2D eigenvalue weighted by Crippen LogP contribution is -2.43. The molecule has 0 fully saturated rings. The molecule has 9 nitrogen and oxygen atoms in total. The molecule has 126 valence electrons. The number of carboxylic acid groups (broad SMARTS) is 1. The second-order valence-corrected chi connectivity index (χ2v) is 5.34. The van der Waals surface area contributed by atoms with E-state index in [4.69, 9.17) is 9.84 Å². The van der Waals surface area contributed by atoms with Gasteiger partial charge in [0.25, 0.3) is 0 Å². The van der Waals surface area contributed by atoms with E-state index < -0.39 is 24.3 Å². The minimum Gasteiger partial charge on any atom is -0.480 e. The molecule has 0 saturated carbocycles. The molecule has 0 radical (unpaired) electrons. The standard InChI is InChI=1S/C12H21N3O6S/c1-3-21-8(2)22-7-11(18)14-5-9(16)13-4-10(17)15-6-12(19)20/h8H,3-7H2,1-2H3,(H,13,16)(H,14,18)(H,15,17)(H,19,20). The van der Waals surface area contributed by atoms with E-state index in [1.165, 1.54) is 11.8 Å². The average molecular weight is 335 g/mol. The number of rotatable bonds is 11. The van der Waals surface area contributed by atoms with Crippen molar-refractivity contribution in [2.45, 2.75) is 19.3 Å². The third kappa shape index (κ3) is 12.0. The van der Waals surface area contributed by atoms with E-state index >= 15 is 0 Å². The Balaban J connectivity index is 3.73. The minimum absolute atomic E-state index is 0.109. The van der Waals surface area contributed by atoms with E-state index in [9.17, 15) is 19.2 Å². The van der Waals surface area contributed by atoms with Crippen LogP contribution in [-0.4, -0.2) is 66.2 Å². The number of nitrogens with one attached hydrogen (secondary N) is 3. The summed E-state index contributed by atoms with van der Waals surface area (Å²) in [6.07, 6.45) is 0. The van der Waals surface area contributed by atoms with Gasteiger partial charge in [0.2, 0.25) is 17.7 Å². The number of hydrogen-bond donors (Lipinski definition) is 4. The van der Waals surface area contributed by atoms with Gasteiger partial charge in [0, 0.05) is 6.61 Å². The maximum atomic E-state index is 11.5. The molecule has 1 unspecified atom stereocenters. The first kappa shape index (κ1) is 20.2. The summed E-state index contributed by atoms with van der Waals surface area (Å²) in [4.78, 5) is 44.2. The number of ether oxygens (including phenoxy) is 1. The van der Waals surface area contributed by atoms with E-state index in [0.29, 0.717) is 6.61 Å². The van der Waals surface area contributed by atoms with E-state index in [-0.39, 0.29) is 30.2 Å². The van der Waals surface area contributed by atoms with Gasteiger partial charge >= 0.3 is 5.97 Å². The van der Waals surface area contributed by atoms with Crippen molar-refractivity contribution in [3.05, 3.63) is 0 Å². The van der Waals surface area contributed by atoms with Crippen LogP contribution in [0.5, 0.6) is 0 Å². The van der Waals surface area contributed by atoms with E-state index in [2.05, 4.69) is 16.0 Å².